The Balaban J connectivity index is 2.14. The molecule has 1 fully saturated rings. The van der Waals surface area contributed by atoms with Crippen LogP contribution in [0.25, 0.3) is 0 Å². The van der Waals surface area contributed by atoms with Gasteiger partial charge in [-0.1, -0.05) is 6.07 Å². The average molecular weight is 340 g/mol. The van der Waals surface area contributed by atoms with Gasteiger partial charge >= 0.3 is 6.09 Å². The Morgan fingerprint density at radius 1 is 1.35 bits per heavy atom. The van der Waals surface area contributed by atoms with Crippen LogP contribution in [0.15, 0.2) is 29.4 Å². The second-order valence-electron chi connectivity index (χ2n) is 6.77. The Bertz CT molecular complexity index is 638. The molecule has 7 heteroatoms. The van der Waals surface area contributed by atoms with Gasteiger partial charge in [-0.05, 0) is 52.2 Å². The lowest BCUT2D eigenvalue weighted by atomic mass is 10.0. The summed E-state index contributed by atoms with van der Waals surface area (Å²) in [4.78, 5) is 17.8. The number of piperidine rings is 1. The van der Waals surface area contributed by atoms with Crippen LogP contribution in [0.3, 0.4) is 0 Å². The topological polar surface area (TPSA) is 76.6 Å². The van der Waals surface area contributed by atoms with Crippen LogP contribution < -0.4 is 0 Å². The van der Waals surface area contributed by atoms with Crippen LogP contribution in [-0.4, -0.2) is 48.3 Å². The molecule has 0 aromatic carbocycles. The lowest BCUT2D eigenvalue weighted by Crippen LogP contribution is -2.48. The number of hydrogen-bond donors (Lipinski definition) is 0. The summed E-state index contributed by atoms with van der Waals surface area (Å²) in [6.45, 7) is 5.93. The molecule has 1 atom stereocenters. The summed E-state index contributed by atoms with van der Waals surface area (Å²) in [6.07, 6.45) is 3.43. The van der Waals surface area contributed by atoms with Crippen molar-refractivity contribution in [1.29, 1.82) is 0 Å². The van der Waals surface area contributed by atoms with Crippen molar-refractivity contribution in [1.82, 2.24) is 9.88 Å². The van der Waals surface area contributed by atoms with Gasteiger partial charge in [0.2, 0.25) is 0 Å². The Labute approximate surface area is 137 Å². The fraction of sp³-hybridized carbons (Fsp3) is 0.625. The summed E-state index contributed by atoms with van der Waals surface area (Å²) < 4.78 is 30.4. The smallest absolute Gasteiger partial charge is 0.410 e. The van der Waals surface area contributed by atoms with Crippen molar-refractivity contribution in [3.05, 3.63) is 24.4 Å². The number of amides is 1. The summed E-state index contributed by atoms with van der Waals surface area (Å²) >= 11 is 0. The van der Waals surface area contributed by atoms with Gasteiger partial charge in [0, 0.05) is 18.8 Å². The van der Waals surface area contributed by atoms with E-state index >= 15 is 0 Å². The van der Waals surface area contributed by atoms with E-state index in [1.165, 1.54) is 12.3 Å². The van der Waals surface area contributed by atoms with E-state index < -0.39 is 21.5 Å². The molecular weight excluding hydrogens is 316 g/mol. The van der Waals surface area contributed by atoms with Crippen molar-refractivity contribution in [2.24, 2.45) is 0 Å². The number of hydrogen-bond acceptors (Lipinski definition) is 5. The number of carbonyl (C=O) groups is 1. The van der Waals surface area contributed by atoms with Crippen LogP contribution in [0.2, 0.25) is 0 Å². The van der Waals surface area contributed by atoms with E-state index in [0.29, 0.717) is 13.0 Å². The van der Waals surface area contributed by atoms with Crippen LogP contribution in [-0.2, 0) is 14.6 Å². The molecule has 1 saturated heterocycles. The predicted molar refractivity (Wildman–Crippen MR) is 86.9 cm³/mol. The van der Waals surface area contributed by atoms with Crippen molar-refractivity contribution in [3.63, 3.8) is 0 Å². The molecule has 1 aromatic heterocycles. The average Bonchev–Trinajstić information content (AvgIpc) is 2.46. The minimum atomic E-state index is -3.53. The maximum atomic E-state index is 12.5. The van der Waals surface area contributed by atoms with Gasteiger partial charge in [0.1, 0.15) is 5.60 Å². The molecule has 1 amide bonds. The molecule has 6 nitrogen and oxygen atoms in total. The van der Waals surface area contributed by atoms with Gasteiger partial charge in [-0.15, -0.1) is 0 Å². The first-order valence-electron chi connectivity index (χ1n) is 7.82. The fourth-order valence-electron chi connectivity index (χ4n) is 2.60. The van der Waals surface area contributed by atoms with Crippen molar-refractivity contribution >= 4 is 15.9 Å². The normalized spacial score (nSPS) is 19.4. The Kier molecular flexibility index (Phi) is 5.29. The number of likely N-dealkylation sites (tertiary alicyclic amines) is 1. The maximum absolute atomic E-state index is 12.5. The number of rotatable bonds is 3. The van der Waals surface area contributed by atoms with Crippen molar-refractivity contribution in [2.75, 3.05) is 12.3 Å². The van der Waals surface area contributed by atoms with Crippen LogP contribution >= 0.6 is 0 Å². The Morgan fingerprint density at radius 3 is 2.70 bits per heavy atom. The monoisotopic (exact) mass is 340 g/mol. The summed E-state index contributed by atoms with van der Waals surface area (Å²) in [5, 5.41) is 0.0507. The second-order valence-corrected chi connectivity index (χ2v) is 8.75. The number of carbonyl (C=O) groups excluding carboxylic acids is 1. The summed E-state index contributed by atoms with van der Waals surface area (Å²) in [7, 11) is -3.53. The molecule has 0 spiro atoms. The standard InChI is InChI=1S/C16H24N2O4S/c1-16(2,3)22-15(19)18-11-7-5-8-13(18)12-23(20,21)14-9-4-6-10-17-14/h4,6,9-10,13H,5,7-8,11-12H2,1-3H3/t13-/m0/s1. The predicted octanol–water partition coefficient (Wildman–Crippen LogP) is 2.64. The van der Waals surface area contributed by atoms with Crippen LogP contribution in [0.4, 0.5) is 4.79 Å². The number of nitrogens with zero attached hydrogens (tertiary/aromatic N) is 2. The van der Waals surface area contributed by atoms with Gasteiger partial charge in [-0.3, -0.25) is 0 Å². The maximum Gasteiger partial charge on any atom is 0.410 e. The molecule has 2 rings (SSSR count). The molecule has 1 aliphatic heterocycles. The SMILES string of the molecule is CC(C)(C)OC(=O)N1CCCC[C@H]1CS(=O)(=O)c1ccccn1. The molecule has 0 saturated carbocycles. The van der Waals surface area contributed by atoms with Gasteiger partial charge in [0.15, 0.2) is 14.9 Å². The molecule has 0 unspecified atom stereocenters. The molecule has 1 aliphatic rings. The molecule has 1 aromatic rings. The first-order valence-corrected chi connectivity index (χ1v) is 9.48. The van der Waals surface area contributed by atoms with Crippen LogP contribution in [0, 0.1) is 0 Å². The van der Waals surface area contributed by atoms with E-state index in [-0.39, 0.29) is 16.8 Å². The van der Waals surface area contributed by atoms with Crippen LogP contribution in [0.5, 0.6) is 0 Å². The molecule has 0 bridgehead atoms. The van der Waals surface area contributed by atoms with Gasteiger partial charge < -0.3 is 9.64 Å². The first kappa shape index (κ1) is 17.7. The summed E-state index contributed by atoms with van der Waals surface area (Å²) in [5.74, 6) is -0.122. The molecule has 0 N–H and O–H groups in total. The van der Waals surface area contributed by atoms with Crippen molar-refractivity contribution < 1.29 is 17.9 Å². The Hall–Kier alpha value is -1.63. The summed E-state index contributed by atoms with van der Waals surface area (Å²) in [6, 6.07) is 4.43. The molecule has 0 radical (unpaired) electrons. The van der Waals surface area contributed by atoms with Crippen molar-refractivity contribution in [2.45, 2.75) is 56.7 Å². The minimum absolute atomic E-state index is 0.0507. The number of sulfone groups is 1. The number of aromatic nitrogens is 1. The third-order valence-corrected chi connectivity index (χ3v) is 5.33. The van der Waals surface area contributed by atoms with E-state index in [9.17, 15) is 13.2 Å². The van der Waals surface area contributed by atoms with Gasteiger partial charge in [0.05, 0.1) is 5.75 Å². The second kappa shape index (κ2) is 6.86. The third-order valence-electron chi connectivity index (χ3n) is 3.62. The minimum Gasteiger partial charge on any atom is -0.444 e. The van der Waals surface area contributed by atoms with E-state index in [1.54, 1.807) is 37.8 Å². The highest BCUT2D eigenvalue weighted by atomic mass is 32.2. The summed E-state index contributed by atoms with van der Waals surface area (Å²) in [5.41, 5.74) is -0.598. The highest BCUT2D eigenvalue weighted by molar-refractivity contribution is 7.91. The quantitative estimate of drug-likeness (QED) is 0.845. The highest BCUT2D eigenvalue weighted by Crippen LogP contribution is 2.23. The van der Waals surface area contributed by atoms with E-state index in [0.717, 1.165) is 12.8 Å². The van der Waals surface area contributed by atoms with Gasteiger partial charge in [0.25, 0.3) is 0 Å². The molecular formula is C16H24N2O4S. The van der Waals surface area contributed by atoms with Gasteiger partial charge in [-0.25, -0.2) is 18.2 Å². The lowest BCUT2D eigenvalue weighted by Gasteiger charge is -2.36. The first-order chi connectivity index (χ1) is 10.7. The zero-order valence-electron chi connectivity index (χ0n) is 13.9. The third kappa shape index (κ3) is 4.92. The fourth-order valence-corrected chi connectivity index (χ4v) is 4.14. The van der Waals surface area contributed by atoms with E-state index in [2.05, 4.69) is 4.98 Å². The van der Waals surface area contributed by atoms with Crippen molar-refractivity contribution in [3.8, 4) is 0 Å². The Morgan fingerprint density at radius 2 is 2.09 bits per heavy atom. The highest BCUT2D eigenvalue weighted by Gasteiger charge is 2.34. The zero-order valence-corrected chi connectivity index (χ0v) is 14.7. The molecule has 0 aliphatic carbocycles. The van der Waals surface area contributed by atoms with E-state index in [1.807, 2.05) is 0 Å². The largest absolute Gasteiger partial charge is 0.444 e. The molecule has 128 valence electrons. The number of ether oxygens (including phenoxy) is 1. The number of pyridine rings is 1. The lowest BCUT2D eigenvalue weighted by molar-refractivity contribution is 0.0124. The molecule has 23 heavy (non-hydrogen) atoms. The zero-order chi connectivity index (χ0) is 17.1. The van der Waals surface area contributed by atoms with E-state index in [4.69, 9.17) is 4.74 Å². The van der Waals surface area contributed by atoms with Crippen LogP contribution in [0.1, 0.15) is 40.0 Å². The molecule has 2 heterocycles. The van der Waals surface area contributed by atoms with Gasteiger partial charge in [-0.2, -0.15) is 0 Å².